The van der Waals surface area contributed by atoms with Crippen molar-refractivity contribution in [3.63, 3.8) is 0 Å². The van der Waals surface area contributed by atoms with Gasteiger partial charge in [-0.25, -0.2) is 0 Å². The maximum Gasteiger partial charge on any atom is 0.0697 e. The second kappa shape index (κ2) is 5.30. The highest BCUT2D eigenvalue weighted by Gasteiger charge is 2.33. The highest BCUT2D eigenvalue weighted by Crippen LogP contribution is 2.30. The monoisotopic (exact) mass is 240 g/mol. The minimum atomic E-state index is -0.499. The number of hydrogen-bond donors (Lipinski definition) is 1. The first-order valence-electron chi connectivity index (χ1n) is 6.07. The van der Waals surface area contributed by atoms with Gasteiger partial charge in [0, 0.05) is 13.0 Å². The lowest BCUT2D eigenvalue weighted by atomic mass is 9.85. The summed E-state index contributed by atoms with van der Waals surface area (Å²) in [4.78, 5) is 0. The lowest BCUT2D eigenvalue weighted by molar-refractivity contribution is -0.107. The van der Waals surface area contributed by atoms with Crippen LogP contribution < -0.4 is 0 Å². The zero-order valence-corrected chi connectivity index (χ0v) is 10.6. The van der Waals surface area contributed by atoms with Gasteiger partial charge in [-0.2, -0.15) is 11.3 Å². The molecule has 3 heteroatoms. The van der Waals surface area contributed by atoms with Crippen LogP contribution in [0.1, 0.15) is 38.2 Å². The molecule has 0 amide bonds. The third-order valence-electron chi connectivity index (χ3n) is 3.44. The molecule has 16 heavy (non-hydrogen) atoms. The molecular weight excluding hydrogens is 220 g/mol. The SMILES string of the molecule is CCC1CC(O)(CCc2ccsc2)CCO1. The summed E-state index contributed by atoms with van der Waals surface area (Å²) in [5.74, 6) is 0. The van der Waals surface area contributed by atoms with Crippen molar-refractivity contribution in [2.45, 2.75) is 50.7 Å². The third-order valence-corrected chi connectivity index (χ3v) is 4.18. The van der Waals surface area contributed by atoms with Crippen LogP contribution >= 0.6 is 11.3 Å². The Morgan fingerprint density at radius 2 is 2.50 bits per heavy atom. The Labute approximate surface area is 101 Å². The van der Waals surface area contributed by atoms with E-state index in [0.717, 1.165) is 32.1 Å². The Morgan fingerprint density at radius 1 is 1.62 bits per heavy atom. The molecule has 2 heterocycles. The molecule has 1 saturated heterocycles. The van der Waals surface area contributed by atoms with Crippen molar-refractivity contribution in [2.75, 3.05) is 6.61 Å². The second-order valence-electron chi connectivity index (χ2n) is 4.71. The number of rotatable bonds is 4. The van der Waals surface area contributed by atoms with Gasteiger partial charge in [0.25, 0.3) is 0 Å². The summed E-state index contributed by atoms with van der Waals surface area (Å²) in [5.41, 5.74) is 0.846. The lowest BCUT2D eigenvalue weighted by Gasteiger charge is -2.36. The minimum absolute atomic E-state index is 0.251. The third kappa shape index (κ3) is 3.06. The van der Waals surface area contributed by atoms with Crippen LogP contribution in [0.5, 0.6) is 0 Å². The molecule has 1 fully saturated rings. The summed E-state index contributed by atoms with van der Waals surface area (Å²) in [5, 5.41) is 14.8. The Balaban J connectivity index is 1.87. The van der Waals surface area contributed by atoms with E-state index in [4.69, 9.17) is 4.74 Å². The molecule has 2 atom stereocenters. The van der Waals surface area contributed by atoms with Crippen molar-refractivity contribution in [3.8, 4) is 0 Å². The first-order chi connectivity index (χ1) is 7.72. The molecule has 2 unspecified atom stereocenters. The fourth-order valence-corrected chi connectivity index (χ4v) is 3.00. The van der Waals surface area contributed by atoms with Crippen LogP contribution in [0.25, 0.3) is 0 Å². The highest BCUT2D eigenvalue weighted by atomic mass is 32.1. The molecule has 0 saturated carbocycles. The van der Waals surface area contributed by atoms with Crippen molar-refractivity contribution in [1.82, 2.24) is 0 Å². The molecule has 1 aromatic heterocycles. The maximum absolute atomic E-state index is 10.5. The molecule has 0 spiro atoms. The molecular formula is C13H20O2S. The van der Waals surface area contributed by atoms with E-state index in [1.165, 1.54) is 5.56 Å². The fourth-order valence-electron chi connectivity index (χ4n) is 2.30. The summed E-state index contributed by atoms with van der Waals surface area (Å²) in [6, 6.07) is 2.14. The van der Waals surface area contributed by atoms with E-state index in [-0.39, 0.29) is 6.10 Å². The Bertz CT molecular complexity index is 310. The quantitative estimate of drug-likeness (QED) is 0.876. The number of hydrogen-bond acceptors (Lipinski definition) is 3. The predicted octanol–water partition coefficient (Wildman–Crippen LogP) is 3.00. The number of aliphatic hydroxyl groups is 1. The largest absolute Gasteiger partial charge is 0.390 e. The summed E-state index contributed by atoms with van der Waals surface area (Å²) in [6.07, 6.45) is 4.68. The van der Waals surface area contributed by atoms with Crippen LogP contribution in [-0.2, 0) is 11.2 Å². The smallest absolute Gasteiger partial charge is 0.0697 e. The maximum atomic E-state index is 10.5. The number of ether oxygens (including phenoxy) is 1. The first kappa shape index (κ1) is 12.1. The summed E-state index contributed by atoms with van der Waals surface area (Å²) < 4.78 is 5.60. The van der Waals surface area contributed by atoms with Gasteiger partial charge in [-0.05, 0) is 48.1 Å². The van der Waals surface area contributed by atoms with Crippen LogP contribution in [0.4, 0.5) is 0 Å². The van der Waals surface area contributed by atoms with Gasteiger partial charge in [0.05, 0.1) is 11.7 Å². The van der Waals surface area contributed by atoms with Crippen molar-refractivity contribution in [1.29, 1.82) is 0 Å². The van der Waals surface area contributed by atoms with Crippen LogP contribution in [0, 0.1) is 0 Å². The van der Waals surface area contributed by atoms with Crippen molar-refractivity contribution >= 4 is 11.3 Å². The zero-order valence-electron chi connectivity index (χ0n) is 9.82. The average molecular weight is 240 g/mol. The van der Waals surface area contributed by atoms with E-state index in [2.05, 4.69) is 23.8 Å². The lowest BCUT2D eigenvalue weighted by Crippen LogP contribution is -2.40. The zero-order chi connectivity index (χ0) is 11.4. The first-order valence-corrected chi connectivity index (χ1v) is 7.01. The topological polar surface area (TPSA) is 29.5 Å². The van der Waals surface area contributed by atoms with Gasteiger partial charge in [-0.3, -0.25) is 0 Å². The molecule has 1 aliphatic rings. The van der Waals surface area contributed by atoms with Gasteiger partial charge in [-0.1, -0.05) is 6.92 Å². The van der Waals surface area contributed by atoms with E-state index in [0.29, 0.717) is 6.61 Å². The number of aryl methyl sites for hydroxylation is 1. The molecule has 0 aromatic carbocycles. The van der Waals surface area contributed by atoms with Crippen LogP contribution in [0.2, 0.25) is 0 Å². The van der Waals surface area contributed by atoms with Crippen molar-refractivity contribution in [3.05, 3.63) is 22.4 Å². The molecule has 2 nitrogen and oxygen atoms in total. The van der Waals surface area contributed by atoms with E-state index in [1.807, 2.05) is 0 Å². The van der Waals surface area contributed by atoms with Crippen LogP contribution in [0.3, 0.4) is 0 Å². The second-order valence-corrected chi connectivity index (χ2v) is 5.49. The average Bonchev–Trinajstić information content (AvgIpc) is 2.79. The van der Waals surface area contributed by atoms with Crippen LogP contribution in [-0.4, -0.2) is 23.4 Å². The molecule has 90 valence electrons. The van der Waals surface area contributed by atoms with Gasteiger partial charge < -0.3 is 9.84 Å². The predicted molar refractivity (Wildman–Crippen MR) is 66.9 cm³/mol. The molecule has 0 radical (unpaired) electrons. The fraction of sp³-hybridized carbons (Fsp3) is 0.692. The number of thiophene rings is 1. The molecule has 2 rings (SSSR count). The van der Waals surface area contributed by atoms with Gasteiger partial charge in [0.15, 0.2) is 0 Å². The summed E-state index contributed by atoms with van der Waals surface area (Å²) in [7, 11) is 0. The van der Waals surface area contributed by atoms with Gasteiger partial charge in [0.1, 0.15) is 0 Å². The van der Waals surface area contributed by atoms with Crippen LogP contribution in [0.15, 0.2) is 16.8 Å². The minimum Gasteiger partial charge on any atom is -0.390 e. The normalized spacial score (nSPS) is 30.5. The highest BCUT2D eigenvalue weighted by molar-refractivity contribution is 7.07. The Kier molecular flexibility index (Phi) is 4.00. The molecule has 0 bridgehead atoms. The van der Waals surface area contributed by atoms with Gasteiger partial charge in [0.2, 0.25) is 0 Å². The summed E-state index contributed by atoms with van der Waals surface area (Å²) >= 11 is 1.72. The molecule has 1 aromatic rings. The van der Waals surface area contributed by atoms with Crippen molar-refractivity contribution in [2.24, 2.45) is 0 Å². The van der Waals surface area contributed by atoms with Gasteiger partial charge in [-0.15, -0.1) is 0 Å². The van der Waals surface area contributed by atoms with E-state index in [9.17, 15) is 5.11 Å². The summed E-state index contributed by atoms with van der Waals surface area (Å²) in [6.45, 7) is 2.83. The molecule has 1 aliphatic heterocycles. The molecule has 1 N–H and O–H groups in total. The Hall–Kier alpha value is -0.380. The Morgan fingerprint density at radius 3 is 3.19 bits per heavy atom. The van der Waals surface area contributed by atoms with Crippen molar-refractivity contribution < 1.29 is 9.84 Å². The molecule has 0 aliphatic carbocycles. The van der Waals surface area contributed by atoms with Gasteiger partial charge >= 0.3 is 0 Å². The standard InChI is InChI=1S/C13H20O2S/c1-2-12-9-13(14,6-7-15-12)5-3-11-4-8-16-10-11/h4,8,10,12,14H,2-3,5-7,9H2,1H3. The van der Waals surface area contributed by atoms with E-state index in [1.54, 1.807) is 11.3 Å². The van der Waals surface area contributed by atoms with E-state index >= 15 is 0 Å². The van der Waals surface area contributed by atoms with E-state index < -0.39 is 5.60 Å².